The lowest BCUT2D eigenvalue weighted by atomic mass is 9.34. The van der Waals surface area contributed by atoms with Crippen LogP contribution in [0.2, 0.25) is 0 Å². The highest BCUT2D eigenvalue weighted by Gasteiger charge is 2.54. The van der Waals surface area contributed by atoms with Crippen molar-refractivity contribution in [2.45, 2.75) is 0 Å². The first-order valence-corrected chi connectivity index (χ1v) is 20.2. The van der Waals surface area contributed by atoms with E-state index in [0.29, 0.717) is 0 Å². The molecule has 4 nitrogen and oxygen atoms in total. The molecule has 0 bridgehead atoms. The molecule has 0 N–H and O–H groups in total. The first-order chi connectivity index (χ1) is 26.3. The van der Waals surface area contributed by atoms with Gasteiger partial charge in [-0.2, -0.15) is 0 Å². The molecule has 0 radical (unpaired) electrons. The Balaban J connectivity index is 1.38. The van der Waals surface area contributed by atoms with Crippen molar-refractivity contribution in [1.82, 2.24) is 4.98 Å². The summed E-state index contributed by atoms with van der Waals surface area (Å²) in [4.78, 5) is 9.26. The highest BCUT2D eigenvalue weighted by molar-refractivity contribution is 7.26. The second kappa shape index (κ2) is 11.7. The number of hydrogen-bond donors (Lipinski definition) is 0. The highest BCUT2D eigenvalue weighted by Crippen LogP contribution is 2.55. The van der Waals surface area contributed by atoms with Crippen LogP contribution in [-0.2, 0) is 0 Å². The molecule has 0 amide bonds. The summed E-state index contributed by atoms with van der Waals surface area (Å²) < 4.78 is 7.25. The molecule has 8 aromatic rings. The maximum Gasteiger partial charge on any atom is 0.246 e. The van der Waals surface area contributed by atoms with Crippen LogP contribution >= 0.6 is 0 Å². The number of aromatic nitrogens is 1. The van der Waals surface area contributed by atoms with Crippen LogP contribution in [0.5, 0.6) is 11.5 Å². The average Bonchev–Trinajstić information content (AvgIpc) is 3.24. The summed E-state index contributed by atoms with van der Waals surface area (Å²) >= 11 is 0. The minimum absolute atomic E-state index is 0.000794. The molecule has 0 fully saturated rings. The molecule has 7 aromatic carbocycles. The molecular formula is C47H32BN3OSi. The lowest BCUT2D eigenvalue weighted by Crippen LogP contribution is -2.87. The second-order valence-corrected chi connectivity index (χ2v) is 17.6. The van der Waals surface area contributed by atoms with Crippen LogP contribution in [0.3, 0.4) is 0 Å². The van der Waals surface area contributed by atoms with E-state index in [1.807, 2.05) is 12.4 Å². The van der Waals surface area contributed by atoms with E-state index in [0.717, 1.165) is 45.6 Å². The Bertz CT molecular complexity index is 2630. The maximum absolute atomic E-state index is 7.25. The molecule has 53 heavy (non-hydrogen) atoms. The van der Waals surface area contributed by atoms with Gasteiger partial charge in [-0.15, -0.1) is 0 Å². The molecule has 1 aromatic heterocycles. The Hall–Kier alpha value is -6.63. The van der Waals surface area contributed by atoms with E-state index in [9.17, 15) is 0 Å². The van der Waals surface area contributed by atoms with Crippen molar-refractivity contribution in [2.24, 2.45) is 0 Å². The van der Waals surface area contributed by atoms with Gasteiger partial charge in [-0.3, -0.25) is 4.98 Å². The molecule has 0 aliphatic carbocycles. The Morgan fingerprint density at radius 3 is 1.75 bits per heavy atom. The van der Waals surface area contributed by atoms with Crippen molar-refractivity contribution in [1.29, 1.82) is 0 Å². The van der Waals surface area contributed by atoms with E-state index in [1.54, 1.807) is 0 Å². The van der Waals surface area contributed by atoms with E-state index in [-0.39, 0.29) is 6.71 Å². The summed E-state index contributed by atoms with van der Waals surface area (Å²) in [5, 5.41) is 5.52. The fraction of sp³-hybridized carbons (Fsp3) is 0. The summed E-state index contributed by atoms with van der Waals surface area (Å²) in [5.41, 5.74) is 10.4. The molecule has 3 aliphatic heterocycles. The standard InChI is InChI=1S/C47H32BN3OSi/c1-4-16-33(17-5-1)51-39-24-12-10-22-37(39)48-38-23-11-15-27-43(38)53(35-18-6-2-7-19-35,36-20-8-3-9-21-36)44-32-41-47(46(51)45(44)48)52-42-26-14-13-25-40(42)50(41)34-28-30-49-31-29-34/h1-32H. The van der Waals surface area contributed by atoms with E-state index >= 15 is 0 Å². The summed E-state index contributed by atoms with van der Waals surface area (Å²) in [7, 11) is -2.99. The van der Waals surface area contributed by atoms with Gasteiger partial charge in [0.15, 0.2) is 19.6 Å². The number of ether oxygens (including phenoxy) is 1. The first-order valence-electron chi connectivity index (χ1n) is 18.2. The number of benzene rings is 7. The predicted octanol–water partition coefficient (Wildman–Crippen LogP) is 6.65. The predicted molar refractivity (Wildman–Crippen MR) is 222 cm³/mol. The fourth-order valence-corrected chi connectivity index (χ4v) is 14.5. The van der Waals surface area contributed by atoms with Gasteiger partial charge in [0.25, 0.3) is 0 Å². The van der Waals surface area contributed by atoms with E-state index in [1.165, 1.54) is 37.1 Å². The Morgan fingerprint density at radius 1 is 0.472 bits per heavy atom. The molecular weight excluding hydrogens is 661 g/mol. The largest absolute Gasteiger partial charge is 0.451 e. The number of pyridine rings is 1. The van der Waals surface area contributed by atoms with Crippen LogP contribution in [0.4, 0.5) is 34.1 Å². The SMILES string of the molecule is c1ccc(N2c3ccccc3B3c4ccccc4[Si](c4ccccc4)(c4ccccc4)c4cc5c(c2c43)Oc2ccccc2N5c2ccncc2)cc1. The number of rotatable bonds is 4. The fourth-order valence-electron chi connectivity index (χ4n) is 9.26. The van der Waals surface area contributed by atoms with Crippen molar-refractivity contribution in [3.05, 3.63) is 194 Å². The molecule has 6 heteroatoms. The molecule has 0 saturated carbocycles. The molecule has 3 aliphatic rings. The number of para-hydroxylation sites is 4. The maximum atomic E-state index is 7.25. The van der Waals surface area contributed by atoms with Crippen LogP contribution in [0.15, 0.2) is 194 Å². The summed E-state index contributed by atoms with van der Waals surface area (Å²) in [6.07, 6.45) is 3.75. The smallest absolute Gasteiger partial charge is 0.246 e. The highest BCUT2D eigenvalue weighted by atomic mass is 28.3. The first kappa shape index (κ1) is 30.0. The molecule has 0 saturated heterocycles. The third-order valence-electron chi connectivity index (χ3n) is 11.3. The van der Waals surface area contributed by atoms with Crippen molar-refractivity contribution >= 4 is 86.0 Å². The minimum atomic E-state index is -2.99. The third kappa shape index (κ3) is 4.21. The topological polar surface area (TPSA) is 28.6 Å². The van der Waals surface area contributed by atoms with Gasteiger partial charge >= 0.3 is 0 Å². The van der Waals surface area contributed by atoms with Gasteiger partial charge in [-0.05, 0) is 80.2 Å². The average molecular weight is 694 g/mol. The van der Waals surface area contributed by atoms with Gasteiger partial charge in [0.2, 0.25) is 6.71 Å². The summed E-state index contributed by atoms with van der Waals surface area (Å²) in [6, 6.07) is 66.7. The van der Waals surface area contributed by atoms with Gasteiger partial charge in [-0.25, -0.2) is 0 Å². The molecule has 4 heterocycles. The summed E-state index contributed by atoms with van der Waals surface area (Å²) in [6.45, 7) is 0.000794. The van der Waals surface area contributed by atoms with Crippen LogP contribution in [0, 0.1) is 0 Å². The van der Waals surface area contributed by atoms with Crippen LogP contribution in [-0.4, -0.2) is 19.8 Å². The Kier molecular flexibility index (Phi) is 6.63. The monoisotopic (exact) mass is 693 g/mol. The molecule has 11 rings (SSSR count). The minimum Gasteiger partial charge on any atom is -0.451 e. The van der Waals surface area contributed by atoms with E-state index in [2.05, 4.69) is 197 Å². The second-order valence-electron chi connectivity index (χ2n) is 13.9. The zero-order valence-electron chi connectivity index (χ0n) is 28.8. The van der Waals surface area contributed by atoms with Gasteiger partial charge < -0.3 is 14.5 Å². The zero-order chi connectivity index (χ0) is 34.9. The lowest BCUT2D eigenvalue weighted by molar-refractivity contribution is 0.478. The van der Waals surface area contributed by atoms with Gasteiger partial charge in [0.1, 0.15) is 0 Å². The third-order valence-corrected chi connectivity index (χ3v) is 16.1. The number of hydrogen-bond acceptors (Lipinski definition) is 4. The lowest BCUT2D eigenvalue weighted by Gasteiger charge is -2.49. The van der Waals surface area contributed by atoms with Gasteiger partial charge in [0, 0.05) is 29.5 Å². The van der Waals surface area contributed by atoms with Crippen LogP contribution in [0.25, 0.3) is 0 Å². The Morgan fingerprint density at radius 2 is 1.04 bits per heavy atom. The quantitative estimate of drug-likeness (QED) is 0.193. The van der Waals surface area contributed by atoms with Crippen molar-refractivity contribution in [3.63, 3.8) is 0 Å². The van der Waals surface area contributed by atoms with Gasteiger partial charge in [0.05, 0.1) is 17.1 Å². The summed E-state index contributed by atoms with van der Waals surface area (Å²) in [5.74, 6) is 1.67. The van der Waals surface area contributed by atoms with E-state index in [4.69, 9.17) is 4.74 Å². The van der Waals surface area contributed by atoms with Crippen LogP contribution in [0.1, 0.15) is 0 Å². The van der Waals surface area contributed by atoms with Crippen molar-refractivity contribution in [2.75, 3.05) is 9.80 Å². The van der Waals surface area contributed by atoms with Crippen molar-refractivity contribution in [3.8, 4) is 11.5 Å². The molecule has 0 unspecified atom stereocenters. The number of nitrogens with zero attached hydrogens (tertiary/aromatic N) is 3. The Labute approximate surface area is 310 Å². The van der Waals surface area contributed by atoms with Gasteiger partial charge in [-0.1, -0.05) is 139 Å². The molecule has 0 atom stereocenters. The zero-order valence-corrected chi connectivity index (χ0v) is 29.8. The number of anilines is 6. The number of fused-ring (bicyclic) bond motifs is 7. The molecule has 248 valence electrons. The van der Waals surface area contributed by atoms with Crippen LogP contribution < -0.4 is 51.7 Å². The normalized spacial score (nSPS) is 14.2. The van der Waals surface area contributed by atoms with Crippen molar-refractivity contribution < 1.29 is 4.74 Å². The molecule has 0 spiro atoms. The van der Waals surface area contributed by atoms with E-state index < -0.39 is 8.07 Å².